The molecule has 1 aromatic heterocycles. The number of esters is 1. The number of ketones is 1. The van der Waals surface area contributed by atoms with Gasteiger partial charge in [0.15, 0.2) is 30.3 Å². The molecule has 0 saturated heterocycles. The van der Waals surface area contributed by atoms with Crippen molar-refractivity contribution >= 4 is 24.1 Å². The summed E-state index contributed by atoms with van der Waals surface area (Å²) < 4.78 is 27.5. The second-order valence-corrected chi connectivity index (χ2v) is 18.0. The van der Waals surface area contributed by atoms with Crippen LogP contribution in [-0.4, -0.2) is 54.6 Å². The molecule has 11 heteroatoms. The molecule has 4 fully saturated rings. The number of carbonyl (C=O) groups is 3. The number of hydrogen-bond acceptors (Lipinski definition) is 10. The predicted octanol–water partition coefficient (Wildman–Crippen LogP) is 7.26. The minimum Gasteiger partial charge on any atom is -0.481 e. The zero-order valence-corrected chi connectivity index (χ0v) is 31.9. The number of nitrogens with zero attached hydrogens (tertiary/aromatic N) is 1. The first-order valence-corrected chi connectivity index (χ1v) is 18.8. The SMILES string of the molecule is COCC(=O)O[C@H]1CC[C@]2(C)[C@H]3C(=O)C=C4[C@@H]5C[C@@](C)(C(=O)O)CC[C@]5(C)CC[C@@]4(C)[C@]3(C)CC[C@@]2(N=COCc2oc(=O)oc2C(C)C)[C@H]1C. The van der Waals surface area contributed by atoms with E-state index in [4.69, 9.17) is 28.0 Å². The highest BCUT2D eigenvalue weighted by Gasteiger charge is 2.73. The molecule has 1 aromatic rings. The van der Waals surface area contributed by atoms with Crippen LogP contribution in [0.5, 0.6) is 0 Å². The third-order valence-electron chi connectivity index (χ3n) is 15.2. The monoisotopic (exact) mass is 711 g/mol. The van der Waals surface area contributed by atoms with E-state index in [0.29, 0.717) is 50.0 Å². The Hall–Kier alpha value is -3.21. The zero-order chi connectivity index (χ0) is 37.4. The van der Waals surface area contributed by atoms with E-state index in [0.717, 1.165) is 24.8 Å². The van der Waals surface area contributed by atoms with Gasteiger partial charge in [-0.15, -0.1) is 0 Å². The molecule has 4 saturated carbocycles. The molecule has 0 unspecified atom stereocenters. The van der Waals surface area contributed by atoms with Crippen molar-refractivity contribution in [2.45, 2.75) is 137 Å². The summed E-state index contributed by atoms with van der Waals surface area (Å²) in [4.78, 5) is 57.3. The largest absolute Gasteiger partial charge is 0.519 e. The molecule has 51 heavy (non-hydrogen) atoms. The number of allylic oxidation sites excluding steroid dienone is 2. The first kappa shape index (κ1) is 37.5. The number of carboxylic acid groups (broad SMARTS) is 1. The van der Waals surface area contributed by atoms with E-state index >= 15 is 0 Å². The maximum Gasteiger partial charge on any atom is 0.519 e. The Balaban J connectivity index is 1.40. The second-order valence-electron chi connectivity index (χ2n) is 18.0. The smallest absolute Gasteiger partial charge is 0.481 e. The molecule has 6 rings (SSSR count). The van der Waals surface area contributed by atoms with Crippen LogP contribution < -0.4 is 5.82 Å². The fourth-order valence-corrected chi connectivity index (χ4v) is 11.8. The third kappa shape index (κ3) is 5.57. The number of carbonyl (C=O) groups excluding carboxylic acids is 2. The lowest BCUT2D eigenvalue weighted by molar-refractivity contribution is -0.200. The number of aliphatic imine (C=N–C) groups is 1. The van der Waals surface area contributed by atoms with Gasteiger partial charge in [0.25, 0.3) is 0 Å². The molecule has 0 aromatic carbocycles. The molecule has 0 bridgehead atoms. The van der Waals surface area contributed by atoms with Crippen molar-refractivity contribution in [1.29, 1.82) is 0 Å². The first-order chi connectivity index (χ1) is 23.8. The van der Waals surface area contributed by atoms with E-state index in [1.165, 1.54) is 13.5 Å². The number of methoxy groups -OCH3 is 1. The van der Waals surface area contributed by atoms with Gasteiger partial charge in [0.1, 0.15) is 12.7 Å². The fraction of sp³-hybridized carbons (Fsp3) is 0.775. The number of rotatable bonds is 9. The number of hydrogen-bond donors (Lipinski definition) is 1. The van der Waals surface area contributed by atoms with E-state index in [1.807, 2.05) is 26.8 Å². The van der Waals surface area contributed by atoms with Crippen molar-refractivity contribution in [1.82, 2.24) is 0 Å². The summed E-state index contributed by atoms with van der Waals surface area (Å²) in [5.41, 5.74) is -1.89. The topological polar surface area (TPSA) is 155 Å². The van der Waals surface area contributed by atoms with Crippen LogP contribution in [0.2, 0.25) is 0 Å². The molecule has 10 atom stereocenters. The van der Waals surface area contributed by atoms with E-state index in [9.17, 15) is 24.3 Å². The van der Waals surface area contributed by atoms with Crippen molar-refractivity contribution in [2.75, 3.05) is 13.7 Å². The Bertz CT molecular complexity index is 1690. The standard InChI is InChI=1S/C40H57NO10/c1-23(2)31-29(50-34(46)51-31)20-48-22-41-40-17-16-38(7)32(39(40,8)11-10-28(24(40)3)49-30(43)21-47-9)27(42)18-25-26-19-36(5,33(44)45)13-12-35(26,4)14-15-37(25,38)6/h18,22-24,26,28,32H,10-17,19-21H2,1-9H3,(H,44,45)/t24-,26-,28-,32-,35+,36-,37+,38+,39+,40+/m0/s1. The van der Waals surface area contributed by atoms with Gasteiger partial charge in [0.05, 0.1) is 11.0 Å². The van der Waals surface area contributed by atoms with E-state index in [-0.39, 0.29) is 53.5 Å². The van der Waals surface area contributed by atoms with Gasteiger partial charge in [0.2, 0.25) is 0 Å². The molecule has 0 radical (unpaired) electrons. The zero-order valence-electron chi connectivity index (χ0n) is 31.9. The number of carboxylic acids is 1. The predicted molar refractivity (Wildman–Crippen MR) is 188 cm³/mol. The van der Waals surface area contributed by atoms with Crippen LogP contribution in [0.3, 0.4) is 0 Å². The Kier molecular flexibility index (Phi) is 9.37. The summed E-state index contributed by atoms with van der Waals surface area (Å²) >= 11 is 0. The van der Waals surface area contributed by atoms with Crippen LogP contribution in [-0.2, 0) is 35.2 Å². The lowest BCUT2D eigenvalue weighted by Crippen LogP contribution is -2.71. The van der Waals surface area contributed by atoms with Crippen molar-refractivity contribution < 1.29 is 42.5 Å². The van der Waals surface area contributed by atoms with Gasteiger partial charge in [-0.05, 0) is 93.0 Å². The van der Waals surface area contributed by atoms with Gasteiger partial charge in [0, 0.05) is 30.3 Å². The summed E-state index contributed by atoms with van der Waals surface area (Å²) in [6.07, 6.45) is 9.38. The maximum absolute atomic E-state index is 14.9. The van der Waals surface area contributed by atoms with Crippen molar-refractivity contribution in [3.05, 3.63) is 33.8 Å². The van der Waals surface area contributed by atoms with E-state index in [2.05, 4.69) is 34.6 Å². The molecular weight excluding hydrogens is 654 g/mol. The maximum atomic E-state index is 14.9. The second kappa shape index (κ2) is 12.7. The Morgan fingerprint density at radius 3 is 2.37 bits per heavy atom. The van der Waals surface area contributed by atoms with Gasteiger partial charge in [-0.25, -0.2) is 9.59 Å². The Morgan fingerprint density at radius 2 is 1.71 bits per heavy atom. The molecule has 0 amide bonds. The van der Waals surface area contributed by atoms with Crippen LogP contribution in [0.4, 0.5) is 0 Å². The Labute approximate surface area is 300 Å². The highest BCUT2D eigenvalue weighted by atomic mass is 16.6. The molecule has 5 aliphatic carbocycles. The normalized spacial score (nSPS) is 42.0. The number of fused-ring (bicyclic) bond motifs is 7. The van der Waals surface area contributed by atoms with Crippen molar-refractivity contribution in [3.63, 3.8) is 0 Å². The third-order valence-corrected chi connectivity index (χ3v) is 15.2. The highest BCUT2D eigenvalue weighted by Crippen LogP contribution is 2.75. The average Bonchev–Trinajstić information content (AvgIpc) is 3.44. The minimum atomic E-state index is -0.824. The summed E-state index contributed by atoms with van der Waals surface area (Å²) in [6, 6.07) is 0. The first-order valence-electron chi connectivity index (χ1n) is 18.8. The van der Waals surface area contributed by atoms with Crippen molar-refractivity contribution in [3.8, 4) is 0 Å². The molecule has 0 aliphatic heterocycles. The number of ether oxygens (including phenoxy) is 3. The summed E-state index contributed by atoms with van der Waals surface area (Å²) in [5, 5.41) is 10.3. The molecule has 1 heterocycles. The minimum absolute atomic E-state index is 0.0206. The average molecular weight is 712 g/mol. The van der Waals surface area contributed by atoms with Crippen LogP contribution >= 0.6 is 0 Å². The van der Waals surface area contributed by atoms with Crippen LogP contribution in [0, 0.1) is 44.8 Å². The number of aliphatic carboxylic acids is 1. The van der Waals surface area contributed by atoms with Gasteiger partial charge in [-0.2, -0.15) is 0 Å². The van der Waals surface area contributed by atoms with Crippen LogP contribution in [0.15, 0.2) is 30.3 Å². The van der Waals surface area contributed by atoms with Crippen LogP contribution in [0.25, 0.3) is 0 Å². The molecule has 11 nitrogen and oxygen atoms in total. The molecule has 1 N–H and O–H groups in total. The van der Waals surface area contributed by atoms with Gasteiger partial charge >= 0.3 is 17.8 Å². The van der Waals surface area contributed by atoms with Gasteiger partial charge in [-0.1, -0.05) is 54.0 Å². The Morgan fingerprint density at radius 1 is 1.00 bits per heavy atom. The molecular formula is C40H57NO10. The molecule has 5 aliphatic rings. The van der Waals surface area contributed by atoms with E-state index < -0.39 is 45.6 Å². The fourth-order valence-electron chi connectivity index (χ4n) is 11.8. The summed E-state index contributed by atoms with van der Waals surface area (Å²) in [6.45, 7) is 16.7. The summed E-state index contributed by atoms with van der Waals surface area (Å²) in [7, 11) is 1.46. The molecule has 0 spiro atoms. The lowest BCUT2D eigenvalue weighted by atomic mass is 9.33. The van der Waals surface area contributed by atoms with Crippen molar-refractivity contribution in [2.24, 2.45) is 49.8 Å². The van der Waals surface area contributed by atoms with Gasteiger partial charge in [-0.3, -0.25) is 14.6 Å². The quantitative estimate of drug-likeness (QED) is 0.157. The lowest BCUT2D eigenvalue weighted by Gasteiger charge is -2.71. The van der Waals surface area contributed by atoms with Gasteiger partial charge < -0.3 is 28.2 Å². The summed E-state index contributed by atoms with van der Waals surface area (Å²) in [5.74, 6) is -1.85. The van der Waals surface area contributed by atoms with Crippen LogP contribution in [0.1, 0.15) is 131 Å². The van der Waals surface area contributed by atoms with E-state index in [1.54, 1.807) is 0 Å². The molecule has 282 valence electrons. The highest BCUT2D eigenvalue weighted by molar-refractivity contribution is 5.96.